The van der Waals surface area contributed by atoms with Crippen LogP contribution in [-0.2, 0) is 0 Å². The van der Waals surface area contributed by atoms with E-state index < -0.39 is 5.91 Å². The summed E-state index contributed by atoms with van der Waals surface area (Å²) in [6, 6.07) is 7.22. The van der Waals surface area contributed by atoms with Crippen molar-refractivity contribution in [2.75, 3.05) is 0 Å². The predicted molar refractivity (Wildman–Crippen MR) is 76.8 cm³/mol. The van der Waals surface area contributed by atoms with Gasteiger partial charge in [0.2, 0.25) is 0 Å². The van der Waals surface area contributed by atoms with Gasteiger partial charge in [-0.3, -0.25) is 9.36 Å². The molecule has 0 spiro atoms. The highest BCUT2D eigenvalue weighted by Gasteiger charge is 2.15. The topological polar surface area (TPSA) is 81.1 Å². The molecule has 0 aliphatic carbocycles. The van der Waals surface area contributed by atoms with Gasteiger partial charge in [-0.1, -0.05) is 15.9 Å². The summed E-state index contributed by atoms with van der Waals surface area (Å²) in [6.07, 6.45) is 1.65. The molecule has 0 unspecified atom stereocenters. The van der Waals surface area contributed by atoms with Gasteiger partial charge in [-0.05, 0) is 18.2 Å². The van der Waals surface area contributed by atoms with E-state index in [9.17, 15) is 9.90 Å². The molecule has 0 atom stereocenters. The highest BCUT2D eigenvalue weighted by Crippen LogP contribution is 2.32. The first-order chi connectivity index (χ1) is 9.06. The maximum absolute atomic E-state index is 11.2. The quantitative estimate of drug-likeness (QED) is 0.754. The summed E-state index contributed by atoms with van der Waals surface area (Å²) >= 11 is 4.52. The zero-order chi connectivity index (χ0) is 13.6. The van der Waals surface area contributed by atoms with Crippen LogP contribution in [0.15, 0.2) is 35.1 Å². The third-order valence-electron chi connectivity index (χ3n) is 2.67. The van der Waals surface area contributed by atoms with E-state index >= 15 is 0 Å². The summed E-state index contributed by atoms with van der Waals surface area (Å²) in [7, 11) is 0. The number of imidazole rings is 1. The molecular formula is C12H8BrN3O2S. The molecule has 0 fully saturated rings. The minimum Gasteiger partial charge on any atom is -0.506 e. The average molecular weight is 338 g/mol. The number of hydrogen-bond donors (Lipinski definition) is 2. The van der Waals surface area contributed by atoms with Crippen molar-refractivity contribution in [3.8, 4) is 10.8 Å². The molecule has 7 heteroatoms. The Morgan fingerprint density at radius 3 is 2.89 bits per heavy atom. The van der Waals surface area contributed by atoms with Gasteiger partial charge in [0.25, 0.3) is 5.91 Å². The Morgan fingerprint density at radius 1 is 1.42 bits per heavy atom. The molecule has 0 saturated heterocycles. The van der Waals surface area contributed by atoms with E-state index in [0.717, 1.165) is 26.8 Å². The van der Waals surface area contributed by atoms with Crippen molar-refractivity contribution in [3.05, 3.63) is 39.9 Å². The number of fused-ring (bicyclic) bond motifs is 1. The fraction of sp³-hybridized carbons (Fsp3) is 0. The van der Waals surface area contributed by atoms with Gasteiger partial charge in [0.1, 0.15) is 22.0 Å². The summed E-state index contributed by atoms with van der Waals surface area (Å²) in [5.41, 5.74) is 6.91. The molecule has 0 aliphatic heterocycles. The average Bonchev–Trinajstić information content (AvgIpc) is 2.91. The van der Waals surface area contributed by atoms with E-state index in [4.69, 9.17) is 5.73 Å². The van der Waals surface area contributed by atoms with Crippen LogP contribution in [0.2, 0.25) is 0 Å². The molecule has 5 nitrogen and oxygen atoms in total. The molecule has 3 aromatic rings. The largest absolute Gasteiger partial charge is 0.506 e. The minimum absolute atomic E-state index is 0.105. The molecular weight excluding hydrogens is 330 g/mol. The Balaban J connectivity index is 2.19. The van der Waals surface area contributed by atoms with E-state index in [0.29, 0.717) is 5.00 Å². The second-order valence-electron chi connectivity index (χ2n) is 3.91. The Hall–Kier alpha value is -1.86. The van der Waals surface area contributed by atoms with Crippen LogP contribution in [-0.4, -0.2) is 20.6 Å². The molecule has 19 heavy (non-hydrogen) atoms. The number of nitrogens with zero attached hydrogens (tertiary/aromatic N) is 2. The fourth-order valence-electron chi connectivity index (χ4n) is 1.83. The lowest BCUT2D eigenvalue weighted by Gasteiger charge is -1.99. The molecule has 0 aliphatic rings. The molecule has 0 saturated carbocycles. The van der Waals surface area contributed by atoms with Gasteiger partial charge in [0.05, 0.1) is 11.0 Å². The third kappa shape index (κ3) is 2.00. The van der Waals surface area contributed by atoms with Crippen LogP contribution in [0.4, 0.5) is 0 Å². The van der Waals surface area contributed by atoms with Gasteiger partial charge in [-0.15, -0.1) is 11.3 Å². The lowest BCUT2D eigenvalue weighted by Crippen LogP contribution is -2.08. The van der Waals surface area contributed by atoms with Crippen molar-refractivity contribution in [2.24, 2.45) is 5.73 Å². The third-order valence-corrected chi connectivity index (χ3v) is 4.30. The standard InChI is InChI=1S/C12H8BrN3O2S/c13-6-1-2-8-7(3-6)15-5-16(8)10-4-9(17)11(19-10)12(14)18/h1-5,17H,(H2,14,18). The van der Waals surface area contributed by atoms with Gasteiger partial charge >= 0.3 is 0 Å². The van der Waals surface area contributed by atoms with E-state index in [1.165, 1.54) is 6.07 Å². The second-order valence-corrected chi connectivity index (χ2v) is 5.86. The number of carbonyl (C=O) groups is 1. The van der Waals surface area contributed by atoms with E-state index in [1.54, 1.807) is 10.9 Å². The number of amides is 1. The van der Waals surface area contributed by atoms with Crippen molar-refractivity contribution in [2.45, 2.75) is 0 Å². The van der Waals surface area contributed by atoms with E-state index in [2.05, 4.69) is 20.9 Å². The molecule has 0 radical (unpaired) electrons. The zero-order valence-electron chi connectivity index (χ0n) is 9.50. The summed E-state index contributed by atoms with van der Waals surface area (Å²) < 4.78 is 2.75. The zero-order valence-corrected chi connectivity index (χ0v) is 11.9. The van der Waals surface area contributed by atoms with Crippen molar-refractivity contribution < 1.29 is 9.90 Å². The van der Waals surface area contributed by atoms with Gasteiger partial charge in [0.15, 0.2) is 0 Å². The molecule has 3 rings (SSSR count). The van der Waals surface area contributed by atoms with Gasteiger partial charge in [0, 0.05) is 10.5 Å². The highest BCUT2D eigenvalue weighted by molar-refractivity contribution is 9.10. The van der Waals surface area contributed by atoms with Crippen LogP contribution in [0.3, 0.4) is 0 Å². The first kappa shape index (κ1) is 12.2. The fourth-order valence-corrected chi connectivity index (χ4v) is 3.06. The molecule has 1 aromatic carbocycles. The number of aromatic hydroxyl groups is 1. The molecule has 2 heterocycles. The molecule has 2 aromatic heterocycles. The van der Waals surface area contributed by atoms with E-state index in [-0.39, 0.29) is 10.6 Å². The minimum atomic E-state index is -0.638. The normalized spacial score (nSPS) is 11.0. The Morgan fingerprint density at radius 2 is 2.21 bits per heavy atom. The van der Waals surface area contributed by atoms with Crippen LogP contribution in [0, 0.1) is 0 Å². The Kier molecular flexibility index (Phi) is 2.79. The van der Waals surface area contributed by atoms with E-state index in [1.807, 2.05) is 18.2 Å². The number of thiophene rings is 1. The second kappa shape index (κ2) is 4.36. The first-order valence-corrected chi connectivity index (χ1v) is 6.93. The van der Waals surface area contributed by atoms with Crippen molar-refractivity contribution in [3.63, 3.8) is 0 Å². The Labute approximate surface area is 120 Å². The number of nitrogens with two attached hydrogens (primary N) is 1. The van der Waals surface area contributed by atoms with Crippen molar-refractivity contribution in [1.29, 1.82) is 0 Å². The molecule has 1 amide bonds. The summed E-state index contributed by atoms with van der Waals surface area (Å²) in [5, 5.41) is 10.4. The van der Waals surface area contributed by atoms with Crippen LogP contribution in [0.5, 0.6) is 5.75 Å². The number of halogens is 1. The Bertz CT molecular complexity index is 793. The number of benzene rings is 1. The summed E-state index contributed by atoms with van der Waals surface area (Å²) in [5.74, 6) is -0.743. The number of primary amides is 1. The van der Waals surface area contributed by atoms with Gasteiger partial charge < -0.3 is 10.8 Å². The number of hydrogen-bond acceptors (Lipinski definition) is 4. The molecule has 96 valence electrons. The van der Waals surface area contributed by atoms with Crippen LogP contribution >= 0.6 is 27.3 Å². The van der Waals surface area contributed by atoms with Gasteiger partial charge in [-0.25, -0.2) is 4.98 Å². The van der Waals surface area contributed by atoms with Crippen LogP contribution in [0.25, 0.3) is 16.0 Å². The maximum atomic E-state index is 11.2. The molecule has 3 N–H and O–H groups in total. The first-order valence-electron chi connectivity index (χ1n) is 5.32. The van der Waals surface area contributed by atoms with Gasteiger partial charge in [-0.2, -0.15) is 0 Å². The number of rotatable bonds is 2. The predicted octanol–water partition coefficient (Wildman–Crippen LogP) is 2.65. The number of aromatic nitrogens is 2. The number of carbonyl (C=O) groups excluding carboxylic acids is 1. The van der Waals surface area contributed by atoms with Crippen LogP contribution < -0.4 is 5.73 Å². The lowest BCUT2D eigenvalue weighted by atomic mass is 10.3. The maximum Gasteiger partial charge on any atom is 0.262 e. The molecule has 0 bridgehead atoms. The van der Waals surface area contributed by atoms with Crippen molar-refractivity contribution >= 4 is 44.2 Å². The smallest absolute Gasteiger partial charge is 0.262 e. The lowest BCUT2D eigenvalue weighted by molar-refractivity contribution is 0.100. The van der Waals surface area contributed by atoms with Crippen LogP contribution in [0.1, 0.15) is 9.67 Å². The summed E-state index contributed by atoms with van der Waals surface area (Å²) in [4.78, 5) is 15.6. The van der Waals surface area contributed by atoms with Crippen molar-refractivity contribution in [1.82, 2.24) is 9.55 Å². The SMILES string of the molecule is NC(=O)c1sc(-n2cnc3cc(Br)ccc32)cc1O. The monoisotopic (exact) mass is 337 g/mol. The summed E-state index contributed by atoms with van der Waals surface area (Å²) in [6.45, 7) is 0. The highest BCUT2D eigenvalue weighted by atomic mass is 79.9.